The lowest BCUT2D eigenvalue weighted by Crippen LogP contribution is -2.25. The molecule has 2 aromatic heterocycles. The molecule has 19 heavy (non-hydrogen) atoms. The van der Waals surface area contributed by atoms with Gasteiger partial charge in [-0.25, -0.2) is 4.52 Å². The molecular formula is C16H25N3. The van der Waals surface area contributed by atoms with Crippen LogP contribution in [0.15, 0.2) is 30.6 Å². The largest absolute Gasteiger partial charge is 0.310 e. The van der Waals surface area contributed by atoms with Gasteiger partial charge in [-0.15, -0.1) is 0 Å². The van der Waals surface area contributed by atoms with Gasteiger partial charge in [0.05, 0.1) is 11.7 Å². The summed E-state index contributed by atoms with van der Waals surface area (Å²) in [7, 11) is 0. The van der Waals surface area contributed by atoms with Gasteiger partial charge in [0, 0.05) is 24.3 Å². The maximum atomic E-state index is 4.36. The molecule has 3 heteroatoms. The third-order valence-electron chi connectivity index (χ3n) is 3.64. The fourth-order valence-corrected chi connectivity index (χ4v) is 2.39. The summed E-state index contributed by atoms with van der Waals surface area (Å²) < 4.78 is 1.93. The molecule has 0 spiro atoms. The number of hydrogen-bond acceptors (Lipinski definition) is 2. The number of aromatic nitrogens is 2. The fraction of sp³-hybridized carbons (Fsp3) is 0.562. The summed E-state index contributed by atoms with van der Waals surface area (Å²) in [5, 5.41) is 7.96. The zero-order valence-electron chi connectivity index (χ0n) is 12.1. The van der Waals surface area contributed by atoms with Crippen LogP contribution in [0.3, 0.4) is 0 Å². The van der Waals surface area contributed by atoms with Crippen molar-refractivity contribution in [1.82, 2.24) is 14.9 Å². The summed E-state index contributed by atoms with van der Waals surface area (Å²) in [6.45, 7) is 5.44. The molecule has 0 radical (unpaired) electrons. The lowest BCUT2D eigenvalue weighted by molar-refractivity contribution is 0.483. The molecule has 0 saturated heterocycles. The summed E-state index contributed by atoms with van der Waals surface area (Å²) in [5.74, 6) is 0. The van der Waals surface area contributed by atoms with Crippen molar-refractivity contribution in [2.24, 2.45) is 0 Å². The van der Waals surface area contributed by atoms with Gasteiger partial charge in [0.15, 0.2) is 0 Å². The smallest absolute Gasteiger partial charge is 0.0706 e. The minimum Gasteiger partial charge on any atom is -0.310 e. The molecular weight excluding hydrogens is 234 g/mol. The Hall–Kier alpha value is -1.35. The van der Waals surface area contributed by atoms with Gasteiger partial charge in [0.1, 0.15) is 0 Å². The van der Waals surface area contributed by atoms with Gasteiger partial charge in [-0.05, 0) is 25.5 Å². The van der Waals surface area contributed by atoms with Gasteiger partial charge < -0.3 is 5.32 Å². The van der Waals surface area contributed by atoms with E-state index in [9.17, 15) is 0 Å². The number of unbranched alkanes of at least 4 members (excludes halogenated alkanes) is 3. The van der Waals surface area contributed by atoms with Crippen LogP contribution in [0.25, 0.3) is 5.52 Å². The second kappa shape index (κ2) is 7.29. The molecule has 0 bridgehead atoms. The lowest BCUT2D eigenvalue weighted by atomic mass is 10.1. The highest BCUT2D eigenvalue weighted by Gasteiger charge is 2.05. The maximum absolute atomic E-state index is 4.36. The van der Waals surface area contributed by atoms with Crippen molar-refractivity contribution in [3.8, 4) is 0 Å². The lowest BCUT2D eigenvalue weighted by Gasteiger charge is -2.13. The highest BCUT2D eigenvalue weighted by molar-refractivity contribution is 5.53. The van der Waals surface area contributed by atoms with Crippen LogP contribution < -0.4 is 5.32 Å². The van der Waals surface area contributed by atoms with Crippen molar-refractivity contribution < 1.29 is 0 Å². The Kier molecular flexibility index (Phi) is 5.40. The van der Waals surface area contributed by atoms with Crippen LogP contribution in [-0.2, 0) is 6.54 Å². The van der Waals surface area contributed by atoms with Crippen molar-refractivity contribution in [1.29, 1.82) is 0 Å². The molecule has 0 fully saturated rings. The maximum Gasteiger partial charge on any atom is 0.0706 e. The van der Waals surface area contributed by atoms with Crippen molar-refractivity contribution in [3.63, 3.8) is 0 Å². The molecule has 0 aromatic carbocycles. The molecule has 0 aliphatic carbocycles. The van der Waals surface area contributed by atoms with Gasteiger partial charge in [-0.3, -0.25) is 0 Å². The molecule has 3 nitrogen and oxygen atoms in total. The van der Waals surface area contributed by atoms with Gasteiger partial charge in [-0.1, -0.05) is 38.7 Å². The van der Waals surface area contributed by atoms with Crippen LogP contribution in [0, 0.1) is 0 Å². The normalized spacial score (nSPS) is 12.9. The van der Waals surface area contributed by atoms with E-state index in [1.165, 1.54) is 43.2 Å². The molecule has 1 unspecified atom stereocenters. The van der Waals surface area contributed by atoms with E-state index >= 15 is 0 Å². The molecule has 2 heterocycles. The van der Waals surface area contributed by atoms with Crippen LogP contribution in [0.4, 0.5) is 0 Å². The standard InChI is InChI=1S/C16H25N3/c1-3-4-5-6-9-14(2)17-12-15-13-18-19-11-8-7-10-16(15)19/h7-8,10-11,13-14,17H,3-6,9,12H2,1-2H3. The molecule has 0 amide bonds. The van der Waals surface area contributed by atoms with E-state index in [2.05, 4.69) is 36.4 Å². The quantitative estimate of drug-likeness (QED) is 0.731. The number of hydrogen-bond donors (Lipinski definition) is 1. The molecule has 2 aromatic rings. The average molecular weight is 259 g/mol. The first-order valence-corrected chi connectivity index (χ1v) is 7.46. The monoisotopic (exact) mass is 259 g/mol. The van der Waals surface area contributed by atoms with Crippen LogP contribution in [0.1, 0.15) is 51.5 Å². The summed E-state index contributed by atoms with van der Waals surface area (Å²) >= 11 is 0. The third-order valence-corrected chi connectivity index (χ3v) is 3.64. The minimum atomic E-state index is 0.579. The van der Waals surface area contributed by atoms with E-state index in [-0.39, 0.29) is 0 Å². The number of fused-ring (bicyclic) bond motifs is 1. The van der Waals surface area contributed by atoms with Crippen molar-refractivity contribution >= 4 is 5.52 Å². The third kappa shape index (κ3) is 4.06. The first-order valence-electron chi connectivity index (χ1n) is 7.46. The van der Waals surface area contributed by atoms with E-state index in [0.29, 0.717) is 6.04 Å². The summed E-state index contributed by atoms with van der Waals surface area (Å²) in [6.07, 6.45) is 10.6. The fourth-order valence-electron chi connectivity index (χ4n) is 2.39. The Bertz CT molecular complexity index is 489. The van der Waals surface area contributed by atoms with Crippen LogP contribution in [0.2, 0.25) is 0 Å². The Morgan fingerprint density at radius 3 is 3.00 bits per heavy atom. The van der Waals surface area contributed by atoms with E-state index in [1.807, 2.05) is 23.0 Å². The minimum absolute atomic E-state index is 0.579. The molecule has 1 atom stereocenters. The molecule has 104 valence electrons. The number of rotatable bonds is 8. The predicted molar refractivity (Wildman–Crippen MR) is 80.3 cm³/mol. The Morgan fingerprint density at radius 2 is 2.16 bits per heavy atom. The predicted octanol–water partition coefficient (Wildman–Crippen LogP) is 3.78. The second-order valence-corrected chi connectivity index (χ2v) is 5.33. The van der Waals surface area contributed by atoms with Gasteiger partial charge in [-0.2, -0.15) is 5.10 Å². The average Bonchev–Trinajstić information content (AvgIpc) is 2.85. The Morgan fingerprint density at radius 1 is 1.26 bits per heavy atom. The summed E-state index contributed by atoms with van der Waals surface area (Å²) in [6, 6.07) is 6.77. The van der Waals surface area contributed by atoms with Gasteiger partial charge in [0.2, 0.25) is 0 Å². The second-order valence-electron chi connectivity index (χ2n) is 5.33. The molecule has 0 saturated carbocycles. The Balaban J connectivity index is 1.78. The van der Waals surface area contributed by atoms with Gasteiger partial charge in [0.25, 0.3) is 0 Å². The van der Waals surface area contributed by atoms with Gasteiger partial charge >= 0.3 is 0 Å². The summed E-state index contributed by atoms with van der Waals surface area (Å²) in [5.41, 5.74) is 2.48. The molecule has 2 rings (SSSR count). The molecule has 0 aliphatic rings. The van der Waals surface area contributed by atoms with E-state index < -0.39 is 0 Å². The van der Waals surface area contributed by atoms with Crippen LogP contribution >= 0.6 is 0 Å². The van der Waals surface area contributed by atoms with E-state index in [0.717, 1.165) is 6.54 Å². The summed E-state index contributed by atoms with van der Waals surface area (Å²) in [4.78, 5) is 0. The van der Waals surface area contributed by atoms with E-state index in [1.54, 1.807) is 0 Å². The highest BCUT2D eigenvalue weighted by Crippen LogP contribution is 2.11. The molecule has 1 N–H and O–H groups in total. The first-order chi connectivity index (χ1) is 9.31. The number of nitrogens with one attached hydrogen (secondary N) is 1. The zero-order chi connectivity index (χ0) is 13.5. The molecule has 0 aliphatic heterocycles. The van der Waals surface area contributed by atoms with Crippen molar-refractivity contribution in [2.75, 3.05) is 0 Å². The van der Waals surface area contributed by atoms with Crippen LogP contribution in [-0.4, -0.2) is 15.7 Å². The number of pyridine rings is 1. The van der Waals surface area contributed by atoms with E-state index in [4.69, 9.17) is 0 Å². The van der Waals surface area contributed by atoms with Crippen molar-refractivity contribution in [2.45, 2.75) is 58.5 Å². The topological polar surface area (TPSA) is 29.3 Å². The SMILES string of the molecule is CCCCCCC(C)NCc1cnn2ccccc12. The number of nitrogens with zero attached hydrogens (tertiary/aromatic N) is 2. The Labute approximate surface area is 116 Å². The zero-order valence-corrected chi connectivity index (χ0v) is 12.1. The van der Waals surface area contributed by atoms with Crippen molar-refractivity contribution in [3.05, 3.63) is 36.2 Å². The first kappa shape index (κ1) is 14.1. The van der Waals surface area contributed by atoms with Crippen LogP contribution in [0.5, 0.6) is 0 Å². The highest BCUT2D eigenvalue weighted by atomic mass is 15.2.